The number of nitrogens with zero attached hydrogens (tertiary/aromatic N) is 1. The summed E-state index contributed by atoms with van der Waals surface area (Å²) in [6, 6.07) is 25.0. The predicted octanol–water partition coefficient (Wildman–Crippen LogP) is 5.55. The van der Waals surface area contributed by atoms with E-state index >= 15 is 0 Å². The van der Waals surface area contributed by atoms with Crippen LogP contribution in [0.1, 0.15) is 22.7 Å². The van der Waals surface area contributed by atoms with Gasteiger partial charge in [-0.2, -0.15) is 0 Å². The first-order valence-electron chi connectivity index (χ1n) is 9.76. The lowest BCUT2D eigenvalue weighted by Gasteiger charge is -2.27. The van der Waals surface area contributed by atoms with E-state index in [1.807, 2.05) is 78.9 Å². The van der Waals surface area contributed by atoms with Crippen LogP contribution in [0.5, 0.6) is 5.75 Å². The Morgan fingerprint density at radius 3 is 2.40 bits per heavy atom. The van der Waals surface area contributed by atoms with E-state index in [2.05, 4.69) is 15.9 Å². The largest absolute Gasteiger partial charge is 0.503 e. The standard InChI is InChI=1S/C25H22BrNO3/c1-30-21-12-10-18(11-13-21)22-23(19-8-5-9-20(26)16-19)27(25(29)24(22)28)15-14-17-6-3-2-4-7-17/h2-13,16,23,28H,14-15H2,1H3/t23-/m1/s1. The van der Waals surface area contributed by atoms with Crippen LogP contribution in [0.15, 0.2) is 89.1 Å². The molecule has 0 aliphatic carbocycles. The van der Waals surface area contributed by atoms with E-state index in [4.69, 9.17) is 4.74 Å². The summed E-state index contributed by atoms with van der Waals surface area (Å²) in [6.45, 7) is 0.504. The average Bonchev–Trinajstić information content (AvgIpc) is 3.03. The van der Waals surface area contributed by atoms with Crippen molar-refractivity contribution in [1.82, 2.24) is 4.90 Å². The van der Waals surface area contributed by atoms with Gasteiger partial charge in [0.05, 0.1) is 13.2 Å². The second-order valence-electron chi connectivity index (χ2n) is 7.18. The van der Waals surface area contributed by atoms with Crippen LogP contribution < -0.4 is 4.74 Å². The highest BCUT2D eigenvalue weighted by Gasteiger charge is 2.40. The first kappa shape index (κ1) is 20.2. The van der Waals surface area contributed by atoms with Gasteiger partial charge in [-0.3, -0.25) is 4.79 Å². The molecule has 0 aromatic heterocycles. The number of aliphatic hydroxyl groups excluding tert-OH is 1. The third kappa shape index (κ3) is 3.98. The number of benzene rings is 3. The van der Waals surface area contributed by atoms with E-state index in [1.54, 1.807) is 12.0 Å². The van der Waals surface area contributed by atoms with Crippen LogP contribution in [-0.4, -0.2) is 29.6 Å². The number of ether oxygens (including phenoxy) is 1. The lowest BCUT2D eigenvalue weighted by atomic mass is 9.93. The molecule has 0 radical (unpaired) electrons. The highest BCUT2D eigenvalue weighted by Crippen LogP contribution is 2.43. The highest BCUT2D eigenvalue weighted by atomic mass is 79.9. The molecule has 152 valence electrons. The average molecular weight is 464 g/mol. The van der Waals surface area contributed by atoms with Crippen molar-refractivity contribution in [3.05, 3.63) is 106 Å². The van der Waals surface area contributed by atoms with E-state index in [9.17, 15) is 9.90 Å². The Balaban J connectivity index is 1.73. The van der Waals surface area contributed by atoms with Crippen LogP contribution in [0.3, 0.4) is 0 Å². The van der Waals surface area contributed by atoms with Gasteiger partial charge < -0.3 is 14.7 Å². The first-order chi connectivity index (χ1) is 14.6. The van der Waals surface area contributed by atoms with Crippen LogP contribution in [-0.2, 0) is 11.2 Å². The maximum absolute atomic E-state index is 13.1. The third-order valence-corrected chi connectivity index (χ3v) is 5.85. The van der Waals surface area contributed by atoms with Crippen LogP contribution in [0, 0.1) is 0 Å². The summed E-state index contributed by atoms with van der Waals surface area (Å²) in [7, 11) is 1.61. The lowest BCUT2D eigenvalue weighted by molar-refractivity contribution is -0.129. The fourth-order valence-corrected chi connectivity index (χ4v) is 4.28. The minimum atomic E-state index is -0.368. The minimum Gasteiger partial charge on any atom is -0.503 e. The molecule has 1 aliphatic rings. The monoisotopic (exact) mass is 463 g/mol. The molecule has 3 aromatic carbocycles. The molecular weight excluding hydrogens is 442 g/mol. The zero-order valence-corrected chi connectivity index (χ0v) is 18.2. The van der Waals surface area contributed by atoms with Gasteiger partial charge in [0.1, 0.15) is 5.75 Å². The number of halogens is 1. The fourth-order valence-electron chi connectivity index (χ4n) is 3.87. The summed E-state index contributed by atoms with van der Waals surface area (Å²) in [5, 5.41) is 10.9. The number of carbonyl (C=O) groups is 1. The molecule has 1 atom stereocenters. The Labute approximate surface area is 184 Å². The molecular formula is C25H22BrNO3. The van der Waals surface area contributed by atoms with E-state index in [1.165, 1.54) is 0 Å². The van der Waals surface area contributed by atoms with Crippen molar-refractivity contribution < 1.29 is 14.6 Å². The molecule has 0 spiro atoms. The van der Waals surface area contributed by atoms with Crippen molar-refractivity contribution in [3.8, 4) is 5.75 Å². The van der Waals surface area contributed by atoms with Crippen LogP contribution in [0.4, 0.5) is 0 Å². The molecule has 3 aromatic rings. The fraction of sp³-hybridized carbons (Fsp3) is 0.160. The van der Waals surface area contributed by atoms with Gasteiger partial charge in [0, 0.05) is 16.6 Å². The molecule has 1 N–H and O–H groups in total. The number of methoxy groups -OCH3 is 1. The van der Waals surface area contributed by atoms with Crippen molar-refractivity contribution in [3.63, 3.8) is 0 Å². The van der Waals surface area contributed by atoms with Gasteiger partial charge in [-0.1, -0.05) is 70.5 Å². The molecule has 0 saturated carbocycles. The Morgan fingerprint density at radius 1 is 1.00 bits per heavy atom. The summed E-state index contributed by atoms with van der Waals surface area (Å²) < 4.78 is 6.18. The molecule has 5 heteroatoms. The topological polar surface area (TPSA) is 49.8 Å². The zero-order valence-electron chi connectivity index (χ0n) is 16.6. The minimum absolute atomic E-state index is 0.196. The molecule has 0 bridgehead atoms. The predicted molar refractivity (Wildman–Crippen MR) is 121 cm³/mol. The maximum atomic E-state index is 13.1. The molecule has 0 unspecified atom stereocenters. The summed E-state index contributed by atoms with van der Waals surface area (Å²) in [5.41, 5.74) is 3.51. The van der Waals surface area contributed by atoms with Gasteiger partial charge in [0.25, 0.3) is 5.91 Å². The second-order valence-corrected chi connectivity index (χ2v) is 8.10. The summed E-state index contributed by atoms with van der Waals surface area (Å²) in [6.07, 6.45) is 0.709. The van der Waals surface area contributed by atoms with Crippen molar-refractivity contribution in [1.29, 1.82) is 0 Å². The number of carbonyl (C=O) groups excluding carboxylic acids is 1. The number of hydrogen-bond acceptors (Lipinski definition) is 3. The van der Waals surface area contributed by atoms with Crippen molar-refractivity contribution in [2.24, 2.45) is 0 Å². The van der Waals surface area contributed by atoms with E-state index in [0.717, 1.165) is 26.9 Å². The van der Waals surface area contributed by atoms with Crippen LogP contribution in [0.2, 0.25) is 0 Å². The van der Waals surface area contributed by atoms with Gasteiger partial charge in [-0.25, -0.2) is 0 Å². The smallest absolute Gasteiger partial charge is 0.289 e. The molecule has 4 rings (SSSR count). The van der Waals surface area contributed by atoms with Crippen molar-refractivity contribution in [2.45, 2.75) is 12.5 Å². The lowest BCUT2D eigenvalue weighted by Crippen LogP contribution is -2.32. The Hall–Kier alpha value is -3.05. The van der Waals surface area contributed by atoms with E-state index < -0.39 is 0 Å². The molecule has 1 amide bonds. The number of hydrogen-bond donors (Lipinski definition) is 1. The van der Waals surface area contributed by atoms with Gasteiger partial charge in [0.15, 0.2) is 5.76 Å². The second kappa shape index (κ2) is 8.76. The molecule has 1 aliphatic heterocycles. The number of aliphatic hydroxyl groups is 1. The van der Waals surface area contributed by atoms with E-state index in [-0.39, 0.29) is 17.7 Å². The van der Waals surface area contributed by atoms with Gasteiger partial charge in [0.2, 0.25) is 0 Å². The first-order valence-corrected chi connectivity index (χ1v) is 10.6. The van der Waals surface area contributed by atoms with Crippen molar-refractivity contribution in [2.75, 3.05) is 13.7 Å². The number of rotatable bonds is 6. The summed E-state index contributed by atoms with van der Waals surface area (Å²) in [5.74, 6) is 0.183. The van der Waals surface area contributed by atoms with Crippen LogP contribution in [0.25, 0.3) is 5.57 Å². The highest BCUT2D eigenvalue weighted by molar-refractivity contribution is 9.10. The molecule has 0 saturated heterocycles. The van der Waals surface area contributed by atoms with Gasteiger partial charge in [-0.05, 0) is 47.4 Å². The van der Waals surface area contributed by atoms with Gasteiger partial charge >= 0.3 is 0 Å². The quantitative estimate of drug-likeness (QED) is 0.520. The molecule has 30 heavy (non-hydrogen) atoms. The van der Waals surface area contributed by atoms with Crippen LogP contribution >= 0.6 is 15.9 Å². The van der Waals surface area contributed by atoms with E-state index in [0.29, 0.717) is 18.5 Å². The molecule has 1 heterocycles. The normalized spacial score (nSPS) is 16.3. The third-order valence-electron chi connectivity index (χ3n) is 5.35. The summed E-state index contributed by atoms with van der Waals surface area (Å²) >= 11 is 3.53. The van der Waals surface area contributed by atoms with Gasteiger partial charge in [-0.15, -0.1) is 0 Å². The SMILES string of the molecule is COc1ccc(C2=C(O)C(=O)N(CCc3ccccc3)[C@@H]2c2cccc(Br)c2)cc1. The maximum Gasteiger partial charge on any atom is 0.289 e. The molecule has 4 nitrogen and oxygen atoms in total. The van der Waals surface area contributed by atoms with Crippen molar-refractivity contribution >= 4 is 27.4 Å². The zero-order chi connectivity index (χ0) is 21.1. The Kier molecular flexibility index (Phi) is 5.91. The Bertz CT molecular complexity index is 1080. The molecule has 0 fully saturated rings. The number of amides is 1. The summed E-state index contributed by atoms with van der Waals surface area (Å²) in [4.78, 5) is 14.8. The Morgan fingerprint density at radius 2 is 1.73 bits per heavy atom.